The molecule has 0 saturated carbocycles. The number of nitrogens with one attached hydrogen (secondary N) is 1. The van der Waals surface area contributed by atoms with Gasteiger partial charge in [-0.25, -0.2) is 4.79 Å². The summed E-state index contributed by atoms with van der Waals surface area (Å²) in [7, 11) is 0. The first-order chi connectivity index (χ1) is 12.2. The Kier molecular flexibility index (Phi) is 5.05. The predicted molar refractivity (Wildman–Crippen MR) is 84.4 cm³/mol. The van der Waals surface area contributed by atoms with E-state index in [0.717, 1.165) is 4.57 Å². The lowest BCUT2D eigenvalue weighted by Gasteiger charge is -2.45. The number of nitrogens with zero attached hydrogens (tertiary/aromatic N) is 1. The molecule has 0 spiro atoms. The van der Waals surface area contributed by atoms with Gasteiger partial charge in [0, 0.05) is 18.2 Å². The van der Waals surface area contributed by atoms with Crippen LogP contribution >= 0.6 is 0 Å². The molecule has 2 fully saturated rings. The highest BCUT2D eigenvalue weighted by molar-refractivity contribution is 5.08. The number of aryl methyl sites for hydroxylation is 1. The van der Waals surface area contributed by atoms with Gasteiger partial charge in [0.1, 0.15) is 30.5 Å². The maximum atomic E-state index is 12.4. The highest BCUT2D eigenvalue weighted by Crippen LogP contribution is 2.41. The van der Waals surface area contributed by atoms with Crippen molar-refractivity contribution in [3.63, 3.8) is 0 Å². The average molecular weight is 374 g/mol. The topological polar surface area (TPSA) is 174 Å². The van der Waals surface area contributed by atoms with E-state index in [2.05, 4.69) is 4.98 Å². The first-order valence-electron chi connectivity index (χ1n) is 8.17. The van der Waals surface area contributed by atoms with Crippen molar-refractivity contribution in [1.29, 1.82) is 0 Å². The van der Waals surface area contributed by atoms with Gasteiger partial charge in [0.15, 0.2) is 5.72 Å². The monoisotopic (exact) mass is 374 g/mol. The number of ether oxygens (including phenoxy) is 2. The van der Waals surface area contributed by atoms with Gasteiger partial charge in [-0.3, -0.25) is 14.3 Å². The lowest BCUT2D eigenvalue weighted by Crippen LogP contribution is -2.64. The second kappa shape index (κ2) is 6.85. The number of hydrogen-bond donors (Lipinski definition) is 6. The van der Waals surface area contributed by atoms with Crippen molar-refractivity contribution in [3.8, 4) is 0 Å². The van der Waals surface area contributed by atoms with E-state index in [1.165, 1.54) is 13.1 Å². The fourth-order valence-electron chi connectivity index (χ4n) is 3.51. The van der Waals surface area contributed by atoms with Crippen LogP contribution in [-0.4, -0.2) is 84.9 Å². The maximum absolute atomic E-state index is 12.4. The molecule has 1 unspecified atom stereocenters. The van der Waals surface area contributed by atoms with Gasteiger partial charge in [0.05, 0.1) is 19.3 Å². The molecule has 0 amide bonds. The standard InChI is InChI=1S/C15H22N2O9/c1-6-3-17(14(24)16-13(6)23)15(2-7(19)9(4-18)26-15)12-11(22)10(21)8(20)5-25-12/h3,7-12,18-22H,2,4-5H2,1H3,(H,16,23,24)/t7-,8+,9+,10+,11-,12?,15-/m0/s1. The molecular formula is C15H22N2O9. The van der Waals surface area contributed by atoms with Gasteiger partial charge in [-0.2, -0.15) is 0 Å². The summed E-state index contributed by atoms with van der Waals surface area (Å²) in [5, 5.41) is 49.7. The van der Waals surface area contributed by atoms with Gasteiger partial charge in [-0.05, 0) is 6.92 Å². The van der Waals surface area contributed by atoms with Gasteiger partial charge in [0.2, 0.25) is 0 Å². The summed E-state index contributed by atoms with van der Waals surface area (Å²) in [5.41, 5.74) is -3.12. The van der Waals surface area contributed by atoms with Gasteiger partial charge in [-0.1, -0.05) is 0 Å². The van der Waals surface area contributed by atoms with Gasteiger partial charge in [-0.15, -0.1) is 0 Å². The predicted octanol–water partition coefficient (Wildman–Crippen LogP) is -3.88. The van der Waals surface area contributed by atoms with Gasteiger partial charge in [0.25, 0.3) is 5.56 Å². The third-order valence-electron chi connectivity index (χ3n) is 4.94. The van der Waals surface area contributed by atoms with E-state index in [1.54, 1.807) is 0 Å². The molecule has 0 radical (unpaired) electrons. The zero-order valence-electron chi connectivity index (χ0n) is 14.0. The highest BCUT2D eigenvalue weighted by Gasteiger charge is 2.58. The third-order valence-corrected chi connectivity index (χ3v) is 4.94. The van der Waals surface area contributed by atoms with Crippen LogP contribution in [0.5, 0.6) is 0 Å². The highest BCUT2D eigenvalue weighted by atomic mass is 16.6. The number of aromatic amines is 1. The molecule has 146 valence electrons. The molecule has 3 heterocycles. The summed E-state index contributed by atoms with van der Waals surface area (Å²) >= 11 is 0. The SMILES string of the molecule is Cc1cn([C@@]2(C3OC[C@@H](O)[C@@H](O)[C@@H]3O)C[C@H](O)[C@@H](CO)O2)c(=O)[nH]c1=O. The number of aliphatic hydroxyl groups excluding tert-OH is 5. The number of rotatable bonds is 3. The summed E-state index contributed by atoms with van der Waals surface area (Å²) < 4.78 is 12.2. The first-order valence-corrected chi connectivity index (χ1v) is 8.17. The molecule has 0 bridgehead atoms. The van der Waals surface area contributed by atoms with Crippen LogP contribution in [0.4, 0.5) is 0 Å². The van der Waals surface area contributed by atoms with Crippen LogP contribution in [0.2, 0.25) is 0 Å². The number of hydrogen-bond acceptors (Lipinski definition) is 9. The molecule has 1 aromatic heterocycles. The van der Waals surface area contributed by atoms with E-state index in [1.807, 2.05) is 0 Å². The Morgan fingerprint density at radius 2 is 1.92 bits per heavy atom. The molecule has 0 aliphatic carbocycles. The Labute approximate surface area is 147 Å². The lowest BCUT2D eigenvalue weighted by molar-refractivity contribution is -0.271. The van der Waals surface area contributed by atoms with Crippen LogP contribution in [0.15, 0.2) is 15.8 Å². The van der Waals surface area contributed by atoms with Crippen molar-refractivity contribution in [2.24, 2.45) is 0 Å². The van der Waals surface area contributed by atoms with Crippen LogP contribution in [-0.2, 0) is 15.2 Å². The van der Waals surface area contributed by atoms with E-state index in [0.29, 0.717) is 0 Å². The molecule has 1 aromatic rings. The van der Waals surface area contributed by atoms with Crippen LogP contribution in [0.3, 0.4) is 0 Å². The number of H-pyrrole nitrogens is 1. The molecule has 2 saturated heterocycles. The zero-order chi connectivity index (χ0) is 19.2. The molecule has 3 rings (SSSR count). The summed E-state index contributed by atoms with van der Waals surface area (Å²) in [6.45, 7) is 0.549. The first kappa shape index (κ1) is 19.2. The van der Waals surface area contributed by atoms with Crippen LogP contribution in [0.1, 0.15) is 12.0 Å². The second-order valence-corrected chi connectivity index (χ2v) is 6.70. The fourth-order valence-corrected chi connectivity index (χ4v) is 3.51. The number of aliphatic hydroxyl groups is 5. The molecular weight excluding hydrogens is 352 g/mol. The molecule has 6 N–H and O–H groups in total. The molecule has 2 aliphatic rings. The van der Waals surface area contributed by atoms with E-state index >= 15 is 0 Å². The van der Waals surface area contributed by atoms with Gasteiger partial charge < -0.3 is 35.0 Å². The lowest BCUT2D eigenvalue weighted by atomic mass is 9.89. The summed E-state index contributed by atoms with van der Waals surface area (Å²) in [6, 6.07) is 0. The minimum atomic E-state index is -1.81. The smallest absolute Gasteiger partial charge is 0.330 e. The molecule has 2 aliphatic heterocycles. The Bertz CT molecular complexity index is 777. The minimum Gasteiger partial charge on any atom is -0.394 e. The average Bonchev–Trinajstić information content (AvgIpc) is 2.93. The zero-order valence-corrected chi connectivity index (χ0v) is 14.0. The quantitative estimate of drug-likeness (QED) is 0.309. The molecule has 11 nitrogen and oxygen atoms in total. The normalized spacial score (nSPS) is 40.7. The molecule has 26 heavy (non-hydrogen) atoms. The summed E-state index contributed by atoms with van der Waals surface area (Å²) in [6.07, 6.45) is -7.24. The van der Waals surface area contributed by atoms with Gasteiger partial charge >= 0.3 is 5.69 Å². The number of aromatic nitrogens is 2. The second-order valence-electron chi connectivity index (χ2n) is 6.70. The maximum Gasteiger partial charge on any atom is 0.330 e. The summed E-state index contributed by atoms with van der Waals surface area (Å²) in [4.78, 5) is 26.2. The van der Waals surface area contributed by atoms with Crippen LogP contribution < -0.4 is 11.2 Å². The third kappa shape index (κ3) is 2.91. The van der Waals surface area contributed by atoms with Crippen LogP contribution in [0, 0.1) is 6.92 Å². The Morgan fingerprint density at radius 3 is 2.54 bits per heavy atom. The van der Waals surface area contributed by atoms with E-state index in [-0.39, 0.29) is 18.6 Å². The Balaban J connectivity index is 2.15. The van der Waals surface area contributed by atoms with Crippen LogP contribution in [0.25, 0.3) is 0 Å². The minimum absolute atomic E-state index is 0.167. The van der Waals surface area contributed by atoms with Crippen molar-refractivity contribution >= 4 is 0 Å². The van der Waals surface area contributed by atoms with Crippen molar-refractivity contribution in [1.82, 2.24) is 9.55 Å². The van der Waals surface area contributed by atoms with E-state index in [9.17, 15) is 35.1 Å². The van der Waals surface area contributed by atoms with Crippen molar-refractivity contribution in [2.75, 3.05) is 13.2 Å². The fraction of sp³-hybridized carbons (Fsp3) is 0.733. The molecule has 11 heteroatoms. The van der Waals surface area contributed by atoms with E-state index < -0.39 is 60.2 Å². The molecule has 0 aromatic carbocycles. The van der Waals surface area contributed by atoms with Crippen molar-refractivity contribution < 1.29 is 35.0 Å². The Morgan fingerprint density at radius 1 is 1.23 bits per heavy atom. The molecule has 7 atom stereocenters. The Hall–Kier alpha value is -1.60. The van der Waals surface area contributed by atoms with E-state index in [4.69, 9.17) is 9.47 Å². The summed E-state index contributed by atoms with van der Waals surface area (Å²) in [5.74, 6) is 0. The van der Waals surface area contributed by atoms with Crippen molar-refractivity contribution in [3.05, 3.63) is 32.6 Å². The largest absolute Gasteiger partial charge is 0.394 e. The van der Waals surface area contributed by atoms with Crippen molar-refractivity contribution in [2.45, 2.75) is 55.7 Å².